The largest absolute Gasteiger partial charge is 0.444 e. The minimum Gasteiger partial charge on any atom is -0.444 e. The molecule has 2 fully saturated rings. The second-order valence-corrected chi connectivity index (χ2v) is 6.31. The number of ether oxygens (including phenoxy) is 1. The summed E-state index contributed by atoms with van der Waals surface area (Å²) in [6, 6.07) is 0. The fourth-order valence-electron chi connectivity index (χ4n) is 2.92. The Morgan fingerprint density at radius 2 is 2.00 bits per heavy atom. The highest BCUT2D eigenvalue weighted by molar-refractivity contribution is 5.68. The molecule has 1 aliphatic carbocycles. The summed E-state index contributed by atoms with van der Waals surface area (Å²) in [4.78, 5) is 13.7. The molecule has 1 saturated carbocycles. The summed E-state index contributed by atoms with van der Waals surface area (Å²) in [5, 5.41) is 9.93. The Bertz CT molecular complexity index is 298. The van der Waals surface area contributed by atoms with Crippen molar-refractivity contribution < 1.29 is 14.6 Å². The van der Waals surface area contributed by atoms with Crippen LogP contribution in [0.5, 0.6) is 0 Å². The molecule has 1 amide bonds. The van der Waals surface area contributed by atoms with E-state index in [4.69, 9.17) is 4.74 Å². The smallest absolute Gasteiger partial charge is 0.410 e. The minimum absolute atomic E-state index is 0.235. The van der Waals surface area contributed by atoms with E-state index in [9.17, 15) is 9.90 Å². The highest BCUT2D eigenvalue weighted by atomic mass is 16.6. The first kappa shape index (κ1) is 12.7. The highest BCUT2D eigenvalue weighted by Crippen LogP contribution is 2.36. The van der Waals surface area contributed by atoms with E-state index in [1.807, 2.05) is 20.8 Å². The Hall–Kier alpha value is -0.770. The van der Waals surface area contributed by atoms with Gasteiger partial charge in [0.2, 0.25) is 0 Å². The van der Waals surface area contributed by atoms with E-state index in [1.165, 1.54) is 0 Å². The first-order chi connectivity index (χ1) is 7.87. The molecule has 4 nitrogen and oxygen atoms in total. The fraction of sp³-hybridized carbons (Fsp3) is 0.923. The van der Waals surface area contributed by atoms with Crippen molar-refractivity contribution in [2.24, 2.45) is 11.8 Å². The van der Waals surface area contributed by atoms with Gasteiger partial charge in [0.25, 0.3) is 0 Å². The summed E-state index contributed by atoms with van der Waals surface area (Å²) in [5.41, 5.74) is -0.441. The van der Waals surface area contributed by atoms with Crippen LogP contribution in [0, 0.1) is 11.8 Å². The van der Waals surface area contributed by atoms with Crippen molar-refractivity contribution in [3.8, 4) is 0 Å². The van der Waals surface area contributed by atoms with Crippen LogP contribution in [0.2, 0.25) is 0 Å². The Morgan fingerprint density at radius 3 is 2.59 bits per heavy atom. The molecule has 0 aromatic carbocycles. The number of aliphatic hydroxyl groups is 1. The van der Waals surface area contributed by atoms with Crippen LogP contribution in [0.1, 0.15) is 40.0 Å². The third kappa shape index (κ3) is 2.92. The Labute approximate surface area is 103 Å². The van der Waals surface area contributed by atoms with Gasteiger partial charge < -0.3 is 14.7 Å². The maximum Gasteiger partial charge on any atom is 0.410 e. The van der Waals surface area contributed by atoms with Crippen LogP contribution in [0.25, 0.3) is 0 Å². The van der Waals surface area contributed by atoms with E-state index in [0.717, 1.165) is 25.8 Å². The summed E-state index contributed by atoms with van der Waals surface area (Å²) in [7, 11) is 0. The molecular weight excluding hydrogens is 218 g/mol. The SMILES string of the molecule is CC(C)(C)OC(=O)N1C[C@H]2CCC[C@@H](O)[C@H]2C1. The molecule has 0 unspecified atom stereocenters. The zero-order valence-electron chi connectivity index (χ0n) is 11.0. The van der Waals surface area contributed by atoms with Crippen molar-refractivity contribution in [2.75, 3.05) is 13.1 Å². The molecule has 4 heteroatoms. The lowest BCUT2D eigenvalue weighted by molar-refractivity contribution is 0.0263. The van der Waals surface area contributed by atoms with E-state index < -0.39 is 5.60 Å². The predicted octanol–water partition coefficient (Wildman–Crippen LogP) is 2.01. The van der Waals surface area contributed by atoms with Crippen LogP contribution in [0.15, 0.2) is 0 Å². The fourth-order valence-corrected chi connectivity index (χ4v) is 2.92. The van der Waals surface area contributed by atoms with Crippen LogP contribution >= 0.6 is 0 Å². The second-order valence-electron chi connectivity index (χ2n) is 6.31. The summed E-state index contributed by atoms with van der Waals surface area (Å²) in [6.07, 6.45) is 2.61. The number of carbonyl (C=O) groups excluding carboxylic acids is 1. The standard InChI is InChI=1S/C13H23NO3/c1-13(2,3)17-12(16)14-7-9-5-4-6-11(15)10(9)8-14/h9-11,15H,4-8H2,1-3H3/t9-,10+,11-/m1/s1. The Morgan fingerprint density at radius 1 is 1.29 bits per heavy atom. The van der Waals surface area contributed by atoms with Crippen LogP contribution in [0.3, 0.4) is 0 Å². The van der Waals surface area contributed by atoms with Gasteiger partial charge in [0.05, 0.1) is 6.10 Å². The summed E-state index contributed by atoms with van der Waals surface area (Å²) >= 11 is 0. The van der Waals surface area contributed by atoms with Crippen LogP contribution in [-0.2, 0) is 4.74 Å². The molecule has 1 heterocycles. The molecule has 0 aromatic heterocycles. The van der Waals surface area contributed by atoms with Gasteiger partial charge in [0.1, 0.15) is 5.60 Å². The Balaban J connectivity index is 1.95. The molecule has 98 valence electrons. The lowest BCUT2D eigenvalue weighted by atomic mass is 9.80. The van der Waals surface area contributed by atoms with Gasteiger partial charge >= 0.3 is 6.09 Å². The van der Waals surface area contributed by atoms with Gasteiger partial charge in [0.15, 0.2) is 0 Å². The van der Waals surface area contributed by atoms with E-state index in [1.54, 1.807) is 4.90 Å². The number of carbonyl (C=O) groups is 1. The van der Waals surface area contributed by atoms with Gasteiger partial charge in [-0.2, -0.15) is 0 Å². The van der Waals surface area contributed by atoms with Gasteiger partial charge in [-0.15, -0.1) is 0 Å². The average Bonchev–Trinajstić information content (AvgIpc) is 2.60. The lowest BCUT2D eigenvalue weighted by Crippen LogP contribution is -2.36. The van der Waals surface area contributed by atoms with Crippen LogP contribution in [0.4, 0.5) is 4.79 Å². The zero-order valence-corrected chi connectivity index (χ0v) is 11.0. The van der Waals surface area contributed by atoms with E-state index in [2.05, 4.69) is 0 Å². The quantitative estimate of drug-likeness (QED) is 0.706. The minimum atomic E-state index is -0.441. The highest BCUT2D eigenvalue weighted by Gasteiger charge is 2.42. The number of hydrogen-bond donors (Lipinski definition) is 1. The molecule has 17 heavy (non-hydrogen) atoms. The molecule has 1 saturated heterocycles. The molecule has 2 rings (SSSR count). The maximum absolute atomic E-state index is 11.9. The maximum atomic E-state index is 11.9. The molecule has 0 aromatic rings. The molecular formula is C13H23NO3. The molecule has 2 aliphatic rings. The number of likely N-dealkylation sites (tertiary alicyclic amines) is 1. The summed E-state index contributed by atoms with van der Waals surface area (Å²) in [6.45, 7) is 7.03. The second kappa shape index (κ2) is 4.48. The summed E-state index contributed by atoms with van der Waals surface area (Å²) in [5.74, 6) is 0.725. The van der Waals surface area contributed by atoms with E-state index >= 15 is 0 Å². The van der Waals surface area contributed by atoms with Crippen LogP contribution < -0.4 is 0 Å². The van der Waals surface area contributed by atoms with Crippen molar-refractivity contribution in [2.45, 2.75) is 51.7 Å². The number of aliphatic hydroxyl groups excluding tert-OH is 1. The topological polar surface area (TPSA) is 49.8 Å². The van der Waals surface area contributed by atoms with Crippen molar-refractivity contribution in [3.05, 3.63) is 0 Å². The van der Waals surface area contributed by atoms with Crippen molar-refractivity contribution >= 4 is 6.09 Å². The van der Waals surface area contributed by atoms with Gasteiger partial charge in [-0.05, 0) is 39.5 Å². The monoisotopic (exact) mass is 241 g/mol. The van der Waals surface area contributed by atoms with E-state index in [-0.39, 0.29) is 18.1 Å². The number of amides is 1. The first-order valence-corrected chi connectivity index (χ1v) is 6.53. The van der Waals surface area contributed by atoms with E-state index in [0.29, 0.717) is 12.5 Å². The van der Waals surface area contributed by atoms with Crippen molar-refractivity contribution in [3.63, 3.8) is 0 Å². The normalized spacial score (nSPS) is 33.4. The average molecular weight is 241 g/mol. The van der Waals surface area contributed by atoms with Gasteiger partial charge in [-0.3, -0.25) is 0 Å². The predicted molar refractivity (Wildman–Crippen MR) is 64.6 cm³/mol. The third-order valence-electron chi connectivity index (χ3n) is 3.71. The first-order valence-electron chi connectivity index (χ1n) is 6.53. The van der Waals surface area contributed by atoms with Gasteiger partial charge in [-0.25, -0.2) is 4.79 Å². The number of hydrogen-bond acceptors (Lipinski definition) is 3. The third-order valence-corrected chi connectivity index (χ3v) is 3.71. The van der Waals surface area contributed by atoms with Crippen molar-refractivity contribution in [1.29, 1.82) is 0 Å². The number of nitrogens with zero attached hydrogens (tertiary/aromatic N) is 1. The lowest BCUT2D eigenvalue weighted by Gasteiger charge is -2.28. The van der Waals surface area contributed by atoms with Crippen LogP contribution in [-0.4, -0.2) is 40.9 Å². The molecule has 1 aliphatic heterocycles. The molecule has 3 atom stereocenters. The Kier molecular flexibility index (Phi) is 3.34. The molecule has 1 N–H and O–H groups in total. The van der Waals surface area contributed by atoms with Crippen molar-refractivity contribution in [1.82, 2.24) is 4.90 Å². The molecule has 0 bridgehead atoms. The summed E-state index contributed by atoms with van der Waals surface area (Å²) < 4.78 is 5.37. The van der Waals surface area contributed by atoms with Gasteiger partial charge in [-0.1, -0.05) is 6.42 Å². The number of fused-ring (bicyclic) bond motifs is 1. The molecule has 0 radical (unpaired) electrons. The zero-order chi connectivity index (χ0) is 12.6. The van der Waals surface area contributed by atoms with Gasteiger partial charge in [0, 0.05) is 19.0 Å². The number of rotatable bonds is 0. The molecule has 0 spiro atoms.